The quantitative estimate of drug-likeness (QED) is 0.540. The molecule has 0 bridgehead atoms. The highest BCUT2D eigenvalue weighted by molar-refractivity contribution is 5.88. The van der Waals surface area contributed by atoms with Gasteiger partial charge in [-0.05, 0) is 40.0 Å². The van der Waals surface area contributed by atoms with Crippen molar-refractivity contribution in [3.8, 4) is 0 Å². The van der Waals surface area contributed by atoms with Crippen molar-refractivity contribution in [2.24, 2.45) is 4.99 Å². The highest BCUT2D eigenvalue weighted by atomic mass is 16.5. The Morgan fingerprint density at radius 1 is 1.12 bits per heavy atom. The van der Waals surface area contributed by atoms with E-state index in [0.717, 1.165) is 25.9 Å². The van der Waals surface area contributed by atoms with Crippen LogP contribution in [0.4, 0.5) is 0 Å². The van der Waals surface area contributed by atoms with Crippen LogP contribution in [0, 0.1) is 0 Å². The third kappa shape index (κ3) is 7.00. The van der Waals surface area contributed by atoms with Crippen LogP contribution in [0.2, 0.25) is 0 Å². The molecular weight excluding hydrogens is 198 g/mol. The summed E-state index contributed by atoms with van der Waals surface area (Å²) in [5.74, 6) is 0. The topological polar surface area (TPSA) is 21.6 Å². The second-order valence-corrected chi connectivity index (χ2v) is 4.55. The van der Waals surface area contributed by atoms with Crippen molar-refractivity contribution in [2.75, 3.05) is 6.61 Å². The molecule has 0 saturated heterocycles. The Labute approximate surface area is 101 Å². The first-order valence-electron chi connectivity index (χ1n) is 6.83. The summed E-state index contributed by atoms with van der Waals surface area (Å²) in [6, 6.07) is 0.381. The molecule has 0 rings (SSSR count). The van der Waals surface area contributed by atoms with Gasteiger partial charge in [0.2, 0.25) is 0 Å². The van der Waals surface area contributed by atoms with Gasteiger partial charge in [-0.15, -0.1) is 0 Å². The number of rotatable bonds is 9. The highest BCUT2D eigenvalue weighted by Crippen LogP contribution is 2.12. The highest BCUT2D eigenvalue weighted by Gasteiger charge is 2.15. The van der Waals surface area contributed by atoms with E-state index in [1.807, 2.05) is 0 Å². The number of nitrogens with zero attached hydrogens (tertiary/aromatic N) is 1. The predicted molar refractivity (Wildman–Crippen MR) is 72.4 cm³/mol. The third-order valence-corrected chi connectivity index (χ3v) is 2.50. The molecule has 0 amide bonds. The summed E-state index contributed by atoms with van der Waals surface area (Å²) in [4.78, 5) is 4.74. The van der Waals surface area contributed by atoms with Gasteiger partial charge in [-0.1, -0.05) is 26.7 Å². The second kappa shape index (κ2) is 9.83. The molecule has 0 heterocycles. The van der Waals surface area contributed by atoms with Gasteiger partial charge in [-0.2, -0.15) is 0 Å². The standard InChI is InChI=1S/C14H29NO/c1-6-9-11-13(15-12(4)5)14(10-7-2)16-8-3/h12,14H,6-11H2,1-5H3. The fourth-order valence-electron chi connectivity index (χ4n) is 1.81. The molecule has 1 unspecified atom stereocenters. The van der Waals surface area contributed by atoms with E-state index in [4.69, 9.17) is 9.73 Å². The van der Waals surface area contributed by atoms with Crippen LogP contribution >= 0.6 is 0 Å². The van der Waals surface area contributed by atoms with Crippen molar-refractivity contribution in [2.45, 2.75) is 78.9 Å². The first kappa shape index (κ1) is 15.6. The molecule has 0 fully saturated rings. The summed E-state index contributed by atoms with van der Waals surface area (Å²) in [5, 5.41) is 0. The van der Waals surface area contributed by atoms with E-state index in [9.17, 15) is 0 Å². The smallest absolute Gasteiger partial charge is 0.0951 e. The Balaban J connectivity index is 4.52. The Kier molecular flexibility index (Phi) is 9.60. The summed E-state index contributed by atoms with van der Waals surface area (Å²) in [7, 11) is 0. The van der Waals surface area contributed by atoms with Crippen LogP contribution in [0.25, 0.3) is 0 Å². The lowest BCUT2D eigenvalue weighted by molar-refractivity contribution is 0.101. The third-order valence-electron chi connectivity index (χ3n) is 2.50. The monoisotopic (exact) mass is 227 g/mol. The molecule has 0 saturated carbocycles. The van der Waals surface area contributed by atoms with E-state index in [-0.39, 0.29) is 6.10 Å². The number of hydrogen-bond acceptors (Lipinski definition) is 2. The van der Waals surface area contributed by atoms with E-state index in [2.05, 4.69) is 34.6 Å². The van der Waals surface area contributed by atoms with Crippen molar-refractivity contribution < 1.29 is 4.74 Å². The van der Waals surface area contributed by atoms with Crippen LogP contribution in [0.5, 0.6) is 0 Å². The van der Waals surface area contributed by atoms with Gasteiger partial charge in [0.25, 0.3) is 0 Å². The lowest BCUT2D eigenvalue weighted by Crippen LogP contribution is -2.25. The molecule has 0 spiro atoms. The maximum atomic E-state index is 5.81. The largest absolute Gasteiger partial charge is 0.373 e. The number of ether oxygens (including phenoxy) is 1. The van der Waals surface area contributed by atoms with Crippen molar-refractivity contribution in [3.63, 3.8) is 0 Å². The van der Waals surface area contributed by atoms with E-state index < -0.39 is 0 Å². The van der Waals surface area contributed by atoms with Crippen molar-refractivity contribution >= 4 is 5.71 Å². The zero-order valence-electron chi connectivity index (χ0n) is 11.8. The Morgan fingerprint density at radius 2 is 1.81 bits per heavy atom. The molecule has 1 atom stereocenters. The Morgan fingerprint density at radius 3 is 2.25 bits per heavy atom. The summed E-state index contributed by atoms with van der Waals surface area (Å²) in [6.07, 6.45) is 6.06. The van der Waals surface area contributed by atoms with Gasteiger partial charge in [0.1, 0.15) is 0 Å². The number of hydrogen-bond donors (Lipinski definition) is 0. The lowest BCUT2D eigenvalue weighted by atomic mass is 10.0. The fraction of sp³-hybridized carbons (Fsp3) is 0.929. The van der Waals surface area contributed by atoms with E-state index >= 15 is 0 Å². The zero-order chi connectivity index (χ0) is 12.4. The zero-order valence-corrected chi connectivity index (χ0v) is 11.8. The second-order valence-electron chi connectivity index (χ2n) is 4.55. The van der Waals surface area contributed by atoms with Crippen LogP contribution in [0.15, 0.2) is 4.99 Å². The van der Waals surface area contributed by atoms with Crippen LogP contribution in [0.3, 0.4) is 0 Å². The van der Waals surface area contributed by atoms with Crippen molar-refractivity contribution in [3.05, 3.63) is 0 Å². The van der Waals surface area contributed by atoms with Gasteiger partial charge in [0, 0.05) is 18.4 Å². The van der Waals surface area contributed by atoms with Gasteiger partial charge in [-0.25, -0.2) is 0 Å². The molecule has 0 aromatic heterocycles. The van der Waals surface area contributed by atoms with E-state index in [0.29, 0.717) is 6.04 Å². The summed E-state index contributed by atoms with van der Waals surface area (Å²) < 4.78 is 5.81. The summed E-state index contributed by atoms with van der Waals surface area (Å²) in [5.41, 5.74) is 1.28. The first-order chi connectivity index (χ1) is 7.65. The van der Waals surface area contributed by atoms with Gasteiger partial charge in [-0.3, -0.25) is 4.99 Å². The minimum atomic E-state index is 0.254. The molecule has 0 aliphatic carbocycles. The number of unbranched alkanes of at least 4 members (excludes halogenated alkanes) is 1. The minimum Gasteiger partial charge on any atom is -0.373 e. The molecular formula is C14H29NO. The van der Waals surface area contributed by atoms with Crippen LogP contribution in [-0.4, -0.2) is 24.5 Å². The van der Waals surface area contributed by atoms with Crippen LogP contribution in [0.1, 0.15) is 66.7 Å². The van der Waals surface area contributed by atoms with Crippen molar-refractivity contribution in [1.29, 1.82) is 0 Å². The average Bonchev–Trinajstić information content (AvgIpc) is 2.23. The van der Waals surface area contributed by atoms with Crippen LogP contribution in [-0.2, 0) is 4.74 Å². The maximum Gasteiger partial charge on any atom is 0.0951 e. The van der Waals surface area contributed by atoms with Gasteiger partial charge >= 0.3 is 0 Å². The maximum absolute atomic E-state index is 5.81. The van der Waals surface area contributed by atoms with Gasteiger partial charge in [0.15, 0.2) is 0 Å². The minimum absolute atomic E-state index is 0.254. The van der Waals surface area contributed by atoms with E-state index in [1.165, 1.54) is 18.6 Å². The molecule has 96 valence electrons. The molecule has 16 heavy (non-hydrogen) atoms. The Hall–Kier alpha value is -0.370. The van der Waals surface area contributed by atoms with Crippen molar-refractivity contribution in [1.82, 2.24) is 0 Å². The molecule has 0 aliphatic heterocycles. The average molecular weight is 227 g/mol. The summed E-state index contributed by atoms with van der Waals surface area (Å²) >= 11 is 0. The molecule has 0 aromatic carbocycles. The lowest BCUT2D eigenvalue weighted by Gasteiger charge is -2.20. The van der Waals surface area contributed by atoms with Crippen LogP contribution < -0.4 is 0 Å². The molecule has 2 heteroatoms. The summed E-state index contributed by atoms with van der Waals surface area (Å²) in [6.45, 7) is 11.6. The Bertz CT molecular complexity index is 181. The molecule has 0 aliphatic rings. The SMILES string of the molecule is CCCCC(=NC(C)C)C(CCC)OCC. The predicted octanol–water partition coefficient (Wildman–Crippen LogP) is 4.23. The molecule has 0 N–H and O–H groups in total. The molecule has 2 nitrogen and oxygen atoms in total. The molecule has 0 radical (unpaired) electrons. The number of aliphatic imine (C=N–C) groups is 1. The van der Waals surface area contributed by atoms with Gasteiger partial charge in [0.05, 0.1) is 6.10 Å². The molecule has 0 aromatic rings. The first-order valence-corrected chi connectivity index (χ1v) is 6.83. The normalized spacial score (nSPS) is 14.5. The van der Waals surface area contributed by atoms with Gasteiger partial charge < -0.3 is 4.74 Å². The fourth-order valence-corrected chi connectivity index (χ4v) is 1.81. The van der Waals surface area contributed by atoms with E-state index in [1.54, 1.807) is 0 Å².